The van der Waals surface area contributed by atoms with Crippen molar-refractivity contribution >= 4 is 5.78 Å². The van der Waals surface area contributed by atoms with Gasteiger partial charge in [0.2, 0.25) is 0 Å². The van der Waals surface area contributed by atoms with Crippen LogP contribution < -0.4 is 0 Å². The average Bonchev–Trinajstić information content (AvgIpc) is 2.35. The fraction of sp³-hybridized carbons (Fsp3) is 0.800. The van der Waals surface area contributed by atoms with E-state index in [-0.39, 0.29) is 11.2 Å². The van der Waals surface area contributed by atoms with Gasteiger partial charge in [-0.25, -0.2) is 0 Å². The molecule has 0 aromatic carbocycles. The van der Waals surface area contributed by atoms with E-state index >= 15 is 0 Å². The van der Waals surface area contributed by atoms with E-state index < -0.39 is 5.60 Å². The SMILES string of the molecule is C=C(C)C(=O)CC12CCCC3CC(O)(C1)C3C2. The molecule has 2 bridgehead atoms. The average molecular weight is 234 g/mol. The zero-order valence-corrected chi connectivity index (χ0v) is 10.7. The molecule has 4 unspecified atom stereocenters. The van der Waals surface area contributed by atoms with E-state index in [0.29, 0.717) is 17.9 Å². The highest BCUT2D eigenvalue weighted by atomic mass is 16.3. The maximum atomic E-state index is 11.9. The molecular formula is C15H22O2. The van der Waals surface area contributed by atoms with E-state index in [9.17, 15) is 9.90 Å². The Balaban J connectivity index is 1.82. The van der Waals surface area contributed by atoms with Gasteiger partial charge in [-0.15, -0.1) is 0 Å². The predicted octanol–water partition coefficient (Wildman–Crippen LogP) is 2.85. The quantitative estimate of drug-likeness (QED) is 0.762. The molecule has 3 rings (SSSR count). The second-order valence-electron chi connectivity index (χ2n) is 6.83. The van der Waals surface area contributed by atoms with Crippen molar-refractivity contribution in [1.82, 2.24) is 0 Å². The highest BCUT2D eigenvalue weighted by molar-refractivity contribution is 5.94. The fourth-order valence-corrected chi connectivity index (χ4v) is 4.72. The fourth-order valence-electron chi connectivity index (χ4n) is 4.72. The smallest absolute Gasteiger partial charge is 0.158 e. The molecule has 0 radical (unpaired) electrons. The van der Waals surface area contributed by atoms with Crippen LogP contribution in [0.2, 0.25) is 0 Å². The van der Waals surface area contributed by atoms with Gasteiger partial charge in [-0.1, -0.05) is 13.0 Å². The van der Waals surface area contributed by atoms with E-state index in [1.807, 2.05) is 0 Å². The highest BCUT2D eigenvalue weighted by Gasteiger charge is 2.63. The lowest BCUT2D eigenvalue weighted by molar-refractivity contribution is -0.126. The van der Waals surface area contributed by atoms with Crippen LogP contribution in [0.4, 0.5) is 0 Å². The van der Waals surface area contributed by atoms with Gasteiger partial charge < -0.3 is 5.11 Å². The molecule has 0 amide bonds. The summed E-state index contributed by atoms with van der Waals surface area (Å²) in [5.41, 5.74) is 0.354. The number of carbonyl (C=O) groups excluding carboxylic acids is 1. The first kappa shape index (κ1) is 11.5. The first-order valence-corrected chi connectivity index (χ1v) is 6.85. The monoisotopic (exact) mass is 234 g/mol. The van der Waals surface area contributed by atoms with Gasteiger partial charge in [-0.2, -0.15) is 0 Å². The summed E-state index contributed by atoms with van der Waals surface area (Å²) in [6.45, 7) is 5.56. The van der Waals surface area contributed by atoms with Gasteiger partial charge in [0, 0.05) is 6.42 Å². The molecule has 94 valence electrons. The third-order valence-corrected chi connectivity index (χ3v) is 5.50. The third-order valence-electron chi connectivity index (χ3n) is 5.50. The van der Waals surface area contributed by atoms with Crippen LogP contribution in [0.15, 0.2) is 12.2 Å². The summed E-state index contributed by atoms with van der Waals surface area (Å²) < 4.78 is 0. The van der Waals surface area contributed by atoms with Crippen LogP contribution in [-0.2, 0) is 4.79 Å². The van der Waals surface area contributed by atoms with Gasteiger partial charge in [0.15, 0.2) is 5.78 Å². The number of carbonyl (C=O) groups is 1. The maximum Gasteiger partial charge on any atom is 0.158 e. The summed E-state index contributed by atoms with van der Waals surface area (Å²) in [6.07, 6.45) is 7.17. The molecule has 0 spiro atoms. The molecule has 3 aliphatic rings. The van der Waals surface area contributed by atoms with Gasteiger partial charge in [-0.05, 0) is 61.9 Å². The van der Waals surface area contributed by atoms with Crippen molar-refractivity contribution in [2.75, 3.05) is 0 Å². The normalized spacial score (nSPS) is 47.2. The number of aliphatic hydroxyl groups is 1. The van der Waals surface area contributed by atoms with Gasteiger partial charge in [0.05, 0.1) is 5.60 Å². The number of rotatable bonds is 3. The van der Waals surface area contributed by atoms with Gasteiger partial charge >= 0.3 is 0 Å². The second-order valence-corrected chi connectivity index (χ2v) is 6.83. The largest absolute Gasteiger partial charge is 0.390 e. The molecule has 3 fully saturated rings. The zero-order valence-electron chi connectivity index (χ0n) is 10.7. The predicted molar refractivity (Wildman–Crippen MR) is 66.5 cm³/mol. The second kappa shape index (κ2) is 3.44. The van der Waals surface area contributed by atoms with E-state index in [4.69, 9.17) is 0 Å². The summed E-state index contributed by atoms with van der Waals surface area (Å²) in [7, 11) is 0. The Kier molecular flexibility index (Phi) is 2.32. The Bertz CT molecular complexity index is 386. The molecule has 1 N–H and O–H groups in total. The maximum absolute atomic E-state index is 11.9. The molecule has 0 aromatic heterocycles. The molecule has 2 heteroatoms. The number of hydrogen-bond donors (Lipinski definition) is 1. The van der Waals surface area contributed by atoms with Crippen LogP contribution >= 0.6 is 0 Å². The van der Waals surface area contributed by atoms with E-state index in [1.54, 1.807) is 6.92 Å². The van der Waals surface area contributed by atoms with Gasteiger partial charge in [0.25, 0.3) is 0 Å². The highest BCUT2D eigenvalue weighted by Crippen LogP contribution is 2.66. The third kappa shape index (κ3) is 1.61. The van der Waals surface area contributed by atoms with Crippen LogP contribution in [0.1, 0.15) is 51.9 Å². The first-order chi connectivity index (χ1) is 7.94. The Morgan fingerprint density at radius 2 is 2.24 bits per heavy atom. The summed E-state index contributed by atoms with van der Waals surface area (Å²) in [5, 5.41) is 10.5. The first-order valence-electron chi connectivity index (χ1n) is 6.85. The minimum atomic E-state index is -0.416. The van der Waals surface area contributed by atoms with Gasteiger partial charge in [0.1, 0.15) is 0 Å². The minimum Gasteiger partial charge on any atom is -0.390 e. The molecule has 0 saturated heterocycles. The summed E-state index contributed by atoms with van der Waals surface area (Å²) in [4.78, 5) is 11.9. The van der Waals surface area contributed by atoms with Crippen molar-refractivity contribution in [2.24, 2.45) is 17.3 Å². The molecule has 2 nitrogen and oxygen atoms in total. The molecule has 0 heterocycles. The molecular weight excluding hydrogens is 212 g/mol. The lowest BCUT2D eigenvalue weighted by Crippen LogP contribution is -2.50. The van der Waals surface area contributed by atoms with Crippen molar-refractivity contribution in [2.45, 2.75) is 57.5 Å². The van der Waals surface area contributed by atoms with E-state index in [0.717, 1.165) is 31.6 Å². The Morgan fingerprint density at radius 3 is 2.94 bits per heavy atom. The number of ketones is 1. The number of allylic oxidation sites excluding steroid dienone is 1. The van der Waals surface area contributed by atoms with Crippen molar-refractivity contribution < 1.29 is 9.90 Å². The summed E-state index contributed by atoms with van der Waals surface area (Å²) >= 11 is 0. The van der Waals surface area contributed by atoms with Crippen LogP contribution in [-0.4, -0.2) is 16.5 Å². The zero-order chi connectivity index (χ0) is 12.3. The van der Waals surface area contributed by atoms with Crippen molar-refractivity contribution in [1.29, 1.82) is 0 Å². The molecule has 3 saturated carbocycles. The topological polar surface area (TPSA) is 37.3 Å². The molecule has 17 heavy (non-hydrogen) atoms. The molecule has 0 aliphatic heterocycles. The van der Waals surface area contributed by atoms with Crippen molar-refractivity contribution in [3.8, 4) is 0 Å². The Morgan fingerprint density at radius 1 is 1.47 bits per heavy atom. The standard InChI is InChI=1S/C15H22O2/c1-10(2)13(16)8-14-5-3-4-11-6-15(17,9-14)12(11)7-14/h11-12,17H,1,3-9H2,2H3. The Hall–Kier alpha value is -0.630. The minimum absolute atomic E-state index is 0.0979. The lowest BCUT2D eigenvalue weighted by atomic mass is 9.61. The number of hydrogen-bond acceptors (Lipinski definition) is 2. The van der Waals surface area contributed by atoms with Gasteiger partial charge in [-0.3, -0.25) is 4.79 Å². The summed E-state index contributed by atoms with van der Waals surface area (Å²) in [5.74, 6) is 1.43. The Labute approximate surface area is 103 Å². The number of fused-ring (bicyclic) bond motifs is 1. The van der Waals surface area contributed by atoms with Crippen LogP contribution in [0.5, 0.6) is 0 Å². The molecule has 4 atom stereocenters. The van der Waals surface area contributed by atoms with Crippen LogP contribution in [0.3, 0.4) is 0 Å². The van der Waals surface area contributed by atoms with Crippen molar-refractivity contribution in [3.63, 3.8) is 0 Å². The van der Waals surface area contributed by atoms with E-state index in [1.165, 1.54) is 12.8 Å². The van der Waals surface area contributed by atoms with E-state index in [2.05, 4.69) is 6.58 Å². The van der Waals surface area contributed by atoms with Crippen LogP contribution in [0, 0.1) is 17.3 Å². The summed E-state index contributed by atoms with van der Waals surface area (Å²) in [6, 6.07) is 0. The lowest BCUT2D eigenvalue weighted by Gasteiger charge is -2.48. The van der Waals surface area contributed by atoms with Crippen molar-refractivity contribution in [3.05, 3.63) is 12.2 Å². The number of Topliss-reactive ketones (excluding diaryl/α,β-unsaturated/α-hetero) is 1. The molecule has 0 aromatic rings. The van der Waals surface area contributed by atoms with Crippen LogP contribution in [0.25, 0.3) is 0 Å². The molecule has 3 aliphatic carbocycles.